The first-order valence-corrected chi connectivity index (χ1v) is 12.6. The zero-order valence-electron chi connectivity index (χ0n) is 21.8. The van der Waals surface area contributed by atoms with Crippen LogP contribution in [0.25, 0.3) is 0 Å². The molecule has 2 aromatic rings. The fraction of sp³-hybridized carbons (Fsp3) is 0.357. The average Bonchev–Trinajstić information content (AvgIpc) is 3.42. The number of hydrogen-bond acceptors (Lipinski definition) is 6. The van der Waals surface area contributed by atoms with E-state index in [-0.39, 0.29) is 18.4 Å². The van der Waals surface area contributed by atoms with Crippen molar-refractivity contribution in [2.24, 2.45) is 4.99 Å². The molecule has 11 heteroatoms. The molecule has 39 heavy (non-hydrogen) atoms. The number of likely N-dealkylation sites (N-methyl/N-ethyl adjacent to an activating group) is 1. The summed E-state index contributed by atoms with van der Waals surface area (Å²) in [6.45, 7) is 3.53. The van der Waals surface area contributed by atoms with Gasteiger partial charge in [0.2, 0.25) is 0 Å². The highest BCUT2D eigenvalue weighted by Crippen LogP contribution is 2.37. The topological polar surface area (TPSA) is 80.2 Å². The van der Waals surface area contributed by atoms with Crippen molar-refractivity contribution in [3.63, 3.8) is 0 Å². The molecule has 206 valence electrons. The van der Waals surface area contributed by atoms with Crippen LogP contribution in [-0.4, -0.2) is 66.5 Å². The van der Waals surface area contributed by atoms with Crippen LogP contribution < -0.4 is 10.6 Å². The normalized spacial score (nSPS) is 20.7. The van der Waals surface area contributed by atoms with Gasteiger partial charge in [-0.25, -0.2) is 17.6 Å². The van der Waals surface area contributed by atoms with Crippen LogP contribution in [0.3, 0.4) is 0 Å². The van der Waals surface area contributed by atoms with E-state index in [2.05, 4.69) is 15.6 Å². The fourth-order valence-corrected chi connectivity index (χ4v) is 5.16. The maximum Gasteiger partial charge on any atom is 0.254 e. The summed E-state index contributed by atoms with van der Waals surface area (Å²) >= 11 is 0. The summed E-state index contributed by atoms with van der Waals surface area (Å²) < 4.78 is 55.8. The number of halogens is 4. The maximum atomic E-state index is 14.2. The number of fused-ring (bicyclic) bond motifs is 2. The molecule has 3 aliphatic rings. The molecule has 3 N–H and O–H groups in total. The third-order valence-electron chi connectivity index (χ3n) is 7.13. The van der Waals surface area contributed by atoms with Gasteiger partial charge in [-0.15, -0.1) is 0 Å². The lowest BCUT2D eigenvalue weighted by atomic mass is 9.99. The van der Waals surface area contributed by atoms with Gasteiger partial charge in [0.15, 0.2) is 29.5 Å². The highest BCUT2D eigenvalue weighted by molar-refractivity contribution is 5.99. The largest absolute Gasteiger partial charge is 0.382 e. The van der Waals surface area contributed by atoms with Crippen molar-refractivity contribution in [2.75, 3.05) is 32.5 Å². The summed E-state index contributed by atoms with van der Waals surface area (Å²) in [6, 6.07) is 3.35. The number of rotatable bonds is 7. The van der Waals surface area contributed by atoms with Crippen LogP contribution >= 0.6 is 0 Å². The van der Waals surface area contributed by atoms with Crippen LogP contribution in [0, 0.1) is 23.3 Å². The van der Waals surface area contributed by atoms with Gasteiger partial charge in [0, 0.05) is 78.2 Å². The van der Waals surface area contributed by atoms with Gasteiger partial charge in [-0.2, -0.15) is 0 Å². The number of aliphatic hydroxyl groups is 1. The smallest absolute Gasteiger partial charge is 0.254 e. The number of amides is 1. The van der Waals surface area contributed by atoms with Crippen LogP contribution in [0.1, 0.15) is 34.0 Å². The molecule has 0 aliphatic carbocycles. The lowest BCUT2D eigenvalue weighted by Gasteiger charge is -2.25. The summed E-state index contributed by atoms with van der Waals surface area (Å²) in [5.41, 5.74) is 4.17. The monoisotopic (exact) mass is 543 g/mol. The first kappa shape index (κ1) is 26.9. The molecule has 1 amide bonds. The van der Waals surface area contributed by atoms with E-state index >= 15 is 0 Å². The minimum atomic E-state index is -1.46. The van der Waals surface area contributed by atoms with Crippen LogP contribution in [0.5, 0.6) is 0 Å². The highest BCUT2D eigenvalue weighted by Gasteiger charge is 2.32. The van der Waals surface area contributed by atoms with Crippen LogP contribution in [0.15, 0.2) is 46.2 Å². The number of aliphatic imine (C=N–C) groups is 1. The second kappa shape index (κ2) is 10.5. The summed E-state index contributed by atoms with van der Waals surface area (Å²) in [5.74, 6) is -5.80. The number of allylic oxidation sites excluding steroid dienone is 2. The highest BCUT2D eigenvalue weighted by atomic mass is 19.2. The summed E-state index contributed by atoms with van der Waals surface area (Å²) in [5, 5.41) is 17.2. The van der Waals surface area contributed by atoms with Crippen LogP contribution in [0.4, 0.5) is 23.2 Å². The fourth-order valence-electron chi connectivity index (χ4n) is 5.16. The van der Waals surface area contributed by atoms with Crippen molar-refractivity contribution >= 4 is 17.8 Å². The molecular formula is C28H29F4N5O2. The van der Waals surface area contributed by atoms with Gasteiger partial charge in [-0.3, -0.25) is 9.79 Å². The zero-order chi connectivity index (χ0) is 28.0. The summed E-state index contributed by atoms with van der Waals surface area (Å²) in [6.07, 6.45) is 1.87. The van der Waals surface area contributed by atoms with Crippen LogP contribution in [0.2, 0.25) is 0 Å². The predicted molar refractivity (Wildman–Crippen MR) is 139 cm³/mol. The minimum Gasteiger partial charge on any atom is -0.382 e. The molecule has 0 spiro atoms. The second-order valence-electron chi connectivity index (χ2n) is 10.3. The molecule has 2 aromatic carbocycles. The molecule has 7 nitrogen and oxygen atoms in total. The number of nitrogens with zero attached hydrogens (tertiary/aromatic N) is 3. The van der Waals surface area contributed by atoms with Gasteiger partial charge in [-0.05, 0) is 56.8 Å². The van der Waals surface area contributed by atoms with Gasteiger partial charge in [-0.1, -0.05) is 0 Å². The molecule has 3 heterocycles. The summed E-state index contributed by atoms with van der Waals surface area (Å²) in [4.78, 5) is 20.9. The lowest BCUT2D eigenvalue weighted by Crippen LogP contribution is -2.33. The lowest BCUT2D eigenvalue weighted by molar-refractivity contribution is 0.0768. The predicted octanol–water partition coefficient (Wildman–Crippen LogP) is 3.49. The average molecular weight is 544 g/mol. The molecular weight excluding hydrogens is 514 g/mol. The molecule has 2 atom stereocenters. The van der Waals surface area contributed by atoms with Crippen molar-refractivity contribution < 1.29 is 27.5 Å². The molecule has 0 fully saturated rings. The molecule has 0 radical (unpaired) electrons. The Kier molecular flexibility index (Phi) is 7.21. The number of aliphatic hydroxyl groups excluding tert-OH is 1. The number of anilines is 1. The minimum absolute atomic E-state index is 0.0117. The number of benzene rings is 2. The standard InChI is InChI=1S/C28H29F4N5O2/c1-14(8-18-25(31)19(29)12-20(30)26(18)32)34-21-4-5-33-27(38)24(21)23-10-15-9-17-16(11-22(15)35-23)13-37(28(17)39)7-6-36(2)3/h4-5,9,11-12,14,27,34-35,38H,6-8,10,13H2,1-3H3/b24-23+/t14-,27?/m0/s1. The Balaban J connectivity index is 1.36. The van der Waals surface area contributed by atoms with Gasteiger partial charge in [0.05, 0.1) is 0 Å². The number of dihydropyridines is 1. The number of hydrogen-bond donors (Lipinski definition) is 3. The van der Waals surface area contributed by atoms with Crippen molar-refractivity contribution in [1.29, 1.82) is 0 Å². The Morgan fingerprint density at radius 3 is 2.56 bits per heavy atom. The Morgan fingerprint density at radius 2 is 1.87 bits per heavy atom. The van der Waals surface area contributed by atoms with E-state index in [1.165, 1.54) is 6.21 Å². The molecule has 1 unspecified atom stereocenters. The zero-order valence-corrected chi connectivity index (χ0v) is 21.8. The van der Waals surface area contributed by atoms with E-state index in [9.17, 15) is 27.5 Å². The Hall–Kier alpha value is -3.70. The molecule has 3 aliphatic heterocycles. The van der Waals surface area contributed by atoms with E-state index in [0.29, 0.717) is 42.0 Å². The van der Waals surface area contributed by atoms with Crippen molar-refractivity contribution in [3.8, 4) is 0 Å². The summed E-state index contributed by atoms with van der Waals surface area (Å²) in [7, 11) is 3.92. The Labute approximate surface area is 223 Å². The number of carbonyl (C=O) groups is 1. The maximum absolute atomic E-state index is 14.2. The van der Waals surface area contributed by atoms with Gasteiger partial charge < -0.3 is 25.5 Å². The van der Waals surface area contributed by atoms with Gasteiger partial charge in [0.25, 0.3) is 5.91 Å². The van der Waals surface area contributed by atoms with Gasteiger partial charge >= 0.3 is 0 Å². The molecule has 5 rings (SSSR count). The molecule has 0 saturated carbocycles. The Bertz CT molecular complexity index is 1410. The van der Waals surface area contributed by atoms with E-state index in [1.807, 2.05) is 36.0 Å². The molecule has 0 bridgehead atoms. The van der Waals surface area contributed by atoms with Gasteiger partial charge in [0.1, 0.15) is 0 Å². The molecule has 0 saturated heterocycles. The van der Waals surface area contributed by atoms with Crippen molar-refractivity contribution in [2.45, 2.75) is 38.6 Å². The van der Waals surface area contributed by atoms with E-state index in [4.69, 9.17) is 0 Å². The van der Waals surface area contributed by atoms with E-state index in [0.717, 1.165) is 23.4 Å². The van der Waals surface area contributed by atoms with Crippen molar-refractivity contribution in [1.82, 2.24) is 15.1 Å². The first-order valence-electron chi connectivity index (χ1n) is 12.6. The first-order chi connectivity index (χ1) is 18.5. The van der Waals surface area contributed by atoms with Crippen molar-refractivity contribution in [3.05, 3.63) is 86.8 Å². The third kappa shape index (κ3) is 5.16. The number of carbonyl (C=O) groups excluding carboxylic acids is 1. The van der Waals surface area contributed by atoms with Crippen LogP contribution in [-0.2, 0) is 19.4 Å². The quantitative estimate of drug-likeness (QED) is 0.368. The SMILES string of the molecule is C[C@@H](Cc1c(F)c(F)cc(F)c1F)NC1=CC=NC(O)/C1=C1\Cc2cc3c(cc2N1)CN(CCN(C)C)C3=O. The third-order valence-corrected chi connectivity index (χ3v) is 7.13. The Morgan fingerprint density at radius 1 is 1.15 bits per heavy atom. The number of nitrogens with one attached hydrogen (secondary N) is 2. The van der Waals surface area contributed by atoms with E-state index in [1.54, 1.807) is 13.0 Å². The molecule has 0 aromatic heterocycles. The van der Waals surface area contributed by atoms with E-state index < -0.39 is 41.1 Å². The second-order valence-corrected chi connectivity index (χ2v) is 10.3.